The Labute approximate surface area is 262 Å². The average Bonchev–Trinajstić information content (AvgIpc) is 3.54. The Morgan fingerprint density at radius 1 is 0.864 bits per heavy atom. The first kappa shape index (κ1) is 30.3. The fourth-order valence-corrected chi connectivity index (χ4v) is 7.95. The van der Waals surface area contributed by atoms with Gasteiger partial charge in [-0.05, 0) is 71.8 Å². The molecule has 4 aromatic carbocycles. The van der Waals surface area contributed by atoms with Gasteiger partial charge in [-0.2, -0.15) is 4.72 Å². The lowest BCUT2D eigenvalue weighted by Crippen LogP contribution is -2.56. The molecule has 2 amide bonds. The molecule has 2 N–H and O–H groups in total. The number of nitrogens with zero attached hydrogens (tertiary/aromatic N) is 2. The highest BCUT2D eigenvalue weighted by Gasteiger charge is 2.47. The summed E-state index contributed by atoms with van der Waals surface area (Å²) in [6.45, 7) is 0.611. The number of benzene rings is 4. The van der Waals surface area contributed by atoms with Crippen molar-refractivity contribution in [2.24, 2.45) is 0 Å². The van der Waals surface area contributed by atoms with Gasteiger partial charge in [0.1, 0.15) is 11.6 Å². The third kappa shape index (κ3) is 5.85. The number of carbonyl (C=O) groups is 2. The number of hydrogen-bond acceptors (Lipinski definition) is 5. The van der Waals surface area contributed by atoms with Crippen LogP contribution in [0.5, 0.6) is 0 Å². The average molecular weight is 632 g/mol. The largest absolute Gasteiger partial charge is 0.378 e. The summed E-state index contributed by atoms with van der Waals surface area (Å²) < 4.78 is 29.2. The predicted molar refractivity (Wildman–Crippen MR) is 169 cm³/mol. The molecule has 0 aliphatic carbocycles. The van der Waals surface area contributed by atoms with Crippen LogP contribution in [0.1, 0.15) is 36.8 Å². The minimum atomic E-state index is -4.01. The van der Waals surface area contributed by atoms with Crippen LogP contribution in [0, 0.1) is 0 Å². The fourth-order valence-electron chi connectivity index (χ4n) is 6.51. The van der Waals surface area contributed by atoms with Crippen LogP contribution in [0.3, 0.4) is 0 Å². The number of piperidine rings is 1. The van der Waals surface area contributed by atoms with Crippen molar-refractivity contribution >= 4 is 44.2 Å². The van der Waals surface area contributed by atoms with Crippen molar-refractivity contribution in [2.45, 2.75) is 48.3 Å². The molecule has 2 saturated heterocycles. The maximum atomic E-state index is 13.8. The van der Waals surface area contributed by atoms with E-state index in [2.05, 4.69) is 4.72 Å². The zero-order valence-corrected chi connectivity index (χ0v) is 25.7. The Kier molecular flexibility index (Phi) is 8.48. The van der Waals surface area contributed by atoms with Crippen molar-refractivity contribution in [3.63, 3.8) is 0 Å². The Morgan fingerprint density at radius 2 is 1.48 bits per heavy atom. The molecule has 10 heteroatoms. The second-order valence-electron chi connectivity index (χ2n) is 11.5. The van der Waals surface area contributed by atoms with Crippen LogP contribution < -0.4 is 4.72 Å². The predicted octanol–water partition coefficient (Wildman–Crippen LogP) is 4.69. The molecule has 44 heavy (non-hydrogen) atoms. The summed E-state index contributed by atoms with van der Waals surface area (Å²) in [5.74, 6) is -0.708. The Bertz CT molecular complexity index is 1750. The third-order valence-electron chi connectivity index (χ3n) is 8.72. The third-order valence-corrected chi connectivity index (χ3v) is 10.4. The number of nitrogens with one attached hydrogen (secondary N) is 1. The van der Waals surface area contributed by atoms with Crippen molar-refractivity contribution in [1.29, 1.82) is 0 Å². The molecule has 0 saturated carbocycles. The molecule has 2 atom stereocenters. The number of sulfonamides is 1. The molecule has 0 aromatic heterocycles. The molecule has 228 valence electrons. The van der Waals surface area contributed by atoms with E-state index < -0.39 is 33.6 Å². The quantitative estimate of drug-likeness (QED) is 0.294. The number of halogens is 1. The molecule has 0 spiro atoms. The summed E-state index contributed by atoms with van der Waals surface area (Å²) in [6, 6.07) is 27.1. The van der Waals surface area contributed by atoms with E-state index in [0.717, 1.165) is 5.39 Å². The van der Waals surface area contributed by atoms with Gasteiger partial charge in [0.15, 0.2) is 0 Å². The van der Waals surface area contributed by atoms with E-state index in [1.165, 1.54) is 11.0 Å². The van der Waals surface area contributed by atoms with Crippen LogP contribution >= 0.6 is 11.6 Å². The SMILES string of the molecule is O=C1C(NS(=O)(=O)c2ccc3cc(Cl)ccc3c2)CCCN1CC(=O)N1CCCC1C(O)(c1ccccc1)c1ccccc1. The number of fused-ring (bicyclic) bond motifs is 1. The molecule has 4 aromatic rings. The van der Waals surface area contributed by atoms with Crippen LogP contribution in [-0.2, 0) is 25.2 Å². The van der Waals surface area contributed by atoms with Crippen LogP contribution in [0.2, 0.25) is 5.02 Å². The lowest BCUT2D eigenvalue weighted by Gasteiger charge is -2.41. The molecule has 8 nitrogen and oxygen atoms in total. The number of likely N-dealkylation sites (tertiary alicyclic amines) is 2. The lowest BCUT2D eigenvalue weighted by molar-refractivity contribution is -0.145. The Morgan fingerprint density at radius 3 is 2.16 bits per heavy atom. The number of hydrogen-bond donors (Lipinski definition) is 2. The first-order valence-electron chi connectivity index (χ1n) is 14.8. The van der Waals surface area contributed by atoms with Crippen molar-refractivity contribution in [3.8, 4) is 0 Å². The van der Waals surface area contributed by atoms with E-state index in [1.807, 2.05) is 60.7 Å². The zero-order chi connectivity index (χ0) is 30.9. The summed E-state index contributed by atoms with van der Waals surface area (Å²) in [7, 11) is -4.01. The van der Waals surface area contributed by atoms with E-state index in [0.29, 0.717) is 60.3 Å². The molecule has 2 aliphatic heterocycles. The monoisotopic (exact) mass is 631 g/mol. The Balaban J connectivity index is 1.19. The smallest absolute Gasteiger partial charge is 0.242 e. The summed E-state index contributed by atoms with van der Waals surface area (Å²) in [5.41, 5.74) is -0.0587. The van der Waals surface area contributed by atoms with Gasteiger partial charge in [-0.15, -0.1) is 0 Å². The number of carbonyl (C=O) groups excluding carboxylic acids is 2. The lowest BCUT2D eigenvalue weighted by atomic mass is 9.79. The van der Waals surface area contributed by atoms with Gasteiger partial charge in [0.05, 0.1) is 17.5 Å². The summed E-state index contributed by atoms with van der Waals surface area (Å²) in [4.78, 5) is 30.5. The van der Waals surface area contributed by atoms with Gasteiger partial charge in [0, 0.05) is 18.1 Å². The highest BCUT2D eigenvalue weighted by atomic mass is 35.5. The van der Waals surface area contributed by atoms with Crippen molar-refractivity contribution in [2.75, 3.05) is 19.6 Å². The minimum absolute atomic E-state index is 0.0503. The fraction of sp³-hybridized carbons (Fsp3) is 0.294. The van der Waals surface area contributed by atoms with Gasteiger partial charge in [0.25, 0.3) is 0 Å². The van der Waals surface area contributed by atoms with Gasteiger partial charge in [-0.1, -0.05) is 84.4 Å². The van der Waals surface area contributed by atoms with E-state index in [9.17, 15) is 23.1 Å². The molecule has 2 fully saturated rings. The number of amides is 2. The highest BCUT2D eigenvalue weighted by Crippen LogP contribution is 2.40. The van der Waals surface area contributed by atoms with Crippen LogP contribution in [0.15, 0.2) is 102 Å². The van der Waals surface area contributed by atoms with Gasteiger partial charge < -0.3 is 14.9 Å². The summed E-state index contributed by atoms with van der Waals surface area (Å²) in [5, 5.41) is 14.4. The molecule has 2 aliphatic rings. The molecular formula is C34H34ClN3O5S. The van der Waals surface area contributed by atoms with Gasteiger partial charge >= 0.3 is 0 Å². The first-order valence-corrected chi connectivity index (χ1v) is 16.7. The summed E-state index contributed by atoms with van der Waals surface area (Å²) >= 11 is 6.06. The number of aliphatic hydroxyl groups is 1. The maximum Gasteiger partial charge on any atom is 0.242 e. The maximum absolute atomic E-state index is 13.8. The normalized spacial score (nSPS) is 19.5. The van der Waals surface area contributed by atoms with E-state index >= 15 is 0 Å². The van der Waals surface area contributed by atoms with Crippen molar-refractivity contribution in [1.82, 2.24) is 14.5 Å². The van der Waals surface area contributed by atoms with E-state index in [1.54, 1.807) is 35.2 Å². The van der Waals surface area contributed by atoms with E-state index in [4.69, 9.17) is 11.6 Å². The second kappa shape index (κ2) is 12.3. The zero-order valence-electron chi connectivity index (χ0n) is 24.1. The molecule has 0 radical (unpaired) electrons. The molecule has 2 unspecified atom stereocenters. The molecule has 6 rings (SSSR count). The first-order chi connectivity index (χ1) is 21.2. The van der Waals surface area contributed by atoms with Gasteiger partial charge in [0.2, 0.25) is 21.8 Å². The van der Waals surface area contributed by atoms with Crippen molar-refractivity contribution < 1.29 is 23.1 Å². The molecular weight excluding hydrogens is 598 g/mol. The number of rotatable bonds is 8. The Hall–Kier alpha value is -3.76. The van der Waals surface area contributed by atoms with Crippen LogP contribution in [-0.4, -0.2) is 66.9 Å². The molecule has 0 bridgehead atoms. The molecule has 2 heterocycles. The second-order valence-corrected chi connectivity index (χ2v) is 13.6. The minimum Gasteiger partial charge on any atom is -0.378 e. The van der Waals surface area contributed by atoms with E-state index in [-0.39, 0.29) is 17.3 Å². The van der Waals surface area contributed by atoms with Crippen LogP contribution in [0.25, 0.3) is 10.8 Å². The van der Waals surface area contributed by atoms with Gasteiger partial charge in [-0.25, -0.2) is 8.42 Å². The van der Waals surface area contributed by atoms with Gasteiger partial charge in [-0.3, -0.25) is 9.59 Å². The highest BCUT2D eigenvalue weighted by molar-refractivity contribution is 7.89. The summed E-state index contributed by atoms with van der Waals surface area (Å²) in [6.07, 6.45) is 2.19. The van der Waals surface area contributed by atoms with Crippen LogP contribution in [0.4, 0.5) is 0 Å². The van der Waals surface area contributed by atoms with Crippen molar-refractivity contribution in [3.05, 3.63) is 113 Å². The standard InChI is InChI=1S/C34H34ClN3O5S/c35-28-17-15-25-22-29(18-16-24(25)21-28)44(42,43)36-30-13-7-19-37(33(30)40)23-32(39)38-20-8-14-31(38)34(41,26-9-3-1-4-10-26)27-11-5-2-6-12-27/h1-6,9-12,15-18,21-22,30-31,36,41H,7-8,13-14,19-20,23H2. The topological polar surface area (TPSA) is 107 Å².